The zero-order valence-corrected chi connectivity index (χ0v) is 15.8. The Labute approximate surface area is 167 Å². The quantitative estimate of drug-likeness (QED) is 0.693. The molecule has 1 unspecified atom stereocenters. The molecule has 1 aromatic heterocycles. The number of carbonyl (C=O) groups is 1. The molecule has 0 saturated heterocycles. The van der Waals surface area contributed by atoms with Crippen molar-refractivity contribution in [3.05, 3.63) is 59.8 Å². The summed E-state index contributed by atoms with van der Waals surface area (Å²) in [7, 11) is 1.63. The molecule has 5 rings (SSSR count). The van der Waals surface area contributed by atoms with E-state index in [1.807, 2.05) is 42.5 Å². The summed E-state index contributed by atoms with van der Waals surface area (Å²) in [5.41, 5.74) is 3.21. The van der Waals surface area contributed by atoms with Gasteiger partial charge < -0.3 is 19.5 Å². The maximum atomic E-state index is 12.3. The molecule has 0 fully saturated rings. The molecule has 8 heteroatoms. The van der Waals surface area contributed by atoms with E-state index in [1.54, 1.807) is 17.9 Å². The highest BCUT2D eigenvalue weighted by Gasteiger charge is 2.27. The van der Waals surface area contributed by atoms with Gasteiger partial charge in [0.05, 0.1) is 19.3 Å². The number of nitrogens with zero attached hydrogens (tertiary/aromatic N) is 2. The number of benzene rings is 2. The summed E-state index contributed by atoms with van der Waals surface area (Å²) in [6.07, 6.45) is -0.160. The molecule has 3 aromatic rings. The molecule has 0 aliphatic carbocycles. The minimum atomic E-state index is -0.160. The number of ether oxygens (including phenoxy) is 3. The molecule has 29 heavy (non-hydrogen) atoms. The lowest BCUT2D eigenvalue weighted by Gasteiger charge is -2.25. The summed E-state index contributed by atoms with van der Waals surface area (Å²) < 4.78 is 17.8. The Morgan fingerprint density at radius 2 is 2.10 bits per heavy atom. The number of hydrogen-bond donors (Lipinski definition) is 2. The van der Waals surface area contributed by atoms with Crippen LogP contribution in [0.25, 0.3) is 11.3 Å². The fraction of sp³-hybridized carbons (Fsp3) is 0.238. The van der Waals surface area contributed by atoms with Gasteiger partial charge in [-0.1, -0.05) is 18.2 Å². The Hall–Kier alpha value is -3.52. The van der Waals surface area contributed by atoms with Crippen molar-refractivity contribution in [3.8, 4) is 28.5 Å². The number of hydrogen-bond acceptors (Lipinski definition) is 6. The van der Waals surface area contributed by atoms with Crippen LogP contribution in [0.4, 0.5) is 0 Å². The Balaban J connectivity index is 1.38. The first kappa shape index (κ1) is 17.6. The van der Waals surface area contributed by atoms with Gasteiger partial charge in [-0.2, -0.15) is 5.10 Å². The van der Waals surface area contributed by atoms with Gasteiger partial charge in [0.1, 0.15) is 17.6 Å². The average molecular weight is 392 g/mol. The van der Waals surface area contributed by atoms with Crippen LogP contribution in [-0.2, 0) is 6.54 Å². The number of rotatable bonds is 5. The van der Waals surface area contributed by atoms with Crippen molar-refractivity contribution < 1.29 is 19.0 Å². The van der Waals surface area contributed by atoms with Crippen LogP contribution < -0.4 is 24.8 Å². The van der Waals surface area contributed by atoms with Crippen molar-refractivity contribution in [1.82, 2.24) is 20.4 Å². The van der Waals surface area contributed by atoms with Crippen LogP contribution in [0.1, 0.15) is 22.2 Å². The highest BCUT2D eigenvalue weighted by atomic mass is 16.7. The third-order valence-corrected chi connectivity index (χ3v) is 5.06. The minimum absolute atomic E-state index is 0.132. The van der Waals surface area contributed by atoms with Crippen LogP contribution in [-0.4, -0.2) is 36.1 Å². The van der Waals surface area contributed by atoms with Crippen molar-refractivity contribution in [2.24, 2.45) is 0 Å². The second-order valence-corrected chi connectivity index (χ2v) is 6.89. The van der Waals surface area contributed by atoms with E-state index in [0.29, 0.717) is 18.8 Å². The third kappa shape index (κ3) is 3.27. The van der Waals surface area contributed by atoms with Crippen LogP contribution in [0.15, 0.2) is 48.5 Å². The SMILES string of the molecule is COc1cccc(-c2cc3n(n2)C(NCc2ccc4c(c2)OCO4)CNC3=O)c1. The standard InChI is InChI=1S/C21H20N4O4/c1-27-15-4-2-3-14(8-15)16-9-17-21(26)23-11-20(25(17)24-16)22-10-13-5-6-18-19(7-13)29-12-28-18/h2-9,20,22H,10-12H2,1H3,(H,23,26). The lowest BCUT2D eigenvalue weighted by molar-refractivity contribution is 0.0900. The molecule has 1 amide bonds. The van der Waals surface area contributed by atoms with Gasteiger partial charge in [-0.05, 0) is 35.9 Å². The molecule has 2 aliphatic heterocycles. The smallest absolute Gasteiger partial charge is 0.269 e. The molecule has 1 atom stereocenters. The number of fused-ring (bicyclic) bond motifs is 2. The van der Waals surface area contributed by atoms with E-state index in [9.17, 15) is 4.79 Å². The van der Waals surface area contributed by atoms with E-state index in [0.717, 1.165) is 34.1 Å². The predicted octanol–water partition coefficient (Wildman–Crippen LogP) is 2.32. The monoisotopic (exact) mass is 392 g/mol. The summed E-state index contributed by atoms with van der Waals surface area (Å²) in [6.45, 7) is 1.31. The van der Waals surface area contributed by atoms with E-state index in [-0.39, 0.29) is 18.9 Å². The zero-order chi connectivity index (χ0) is 19.8. The molecule has 0 spiro atoms. The highest BCUT2D eigenvalue weighted by molar-refractivity contribution is 5.94. The minimum Gasteiger partial charge on any atom is -0.497 e. The number of aromatic nitrogens is 2. The van der Waals surface area contributed by atoms with Crippen molar-refractivity contribution >= 4 is 5.91 Å². The molecule has 148 valence electrons. The van der Waals surface area contributed by atoms with Crippen molar-refractivity contribution in [1.29, 1.82) is 0 Å². The van der Waals surface area contributed by atoms with Gasteiger partial charge in [-0.25, -0.2) is 4.68 Å². The van der Waals surface area contributed by atoms with Gasteiger partial charge in [0, 0.05) is 12.1 Å². The Morgan fingerprint density at radius 1 is 1.21 bits per heavy atom. The Morgan fingerprint density at radius 3 is 3.00 bits per heavy atom. The fourth-order valence-corrected chi connectivity index (χ4v) is 3.54. The first-order valence-corrected chi connectivity index (χ1v) is 9.35. The van der Waals surface area contributed by atoms with Gasteiger partial charge in [-0.15, -0.1) is 0 Å². The van der Waals surface area contributed by atoms with Crippen molar-refractivity contribution in [2.45, 2.75) is 12.7 Å². The molecule has 8 nitrogen and oxygen atoms in total. The molecule has 0 radical (unpaired) electrons. The summed E-state index contributed by atoms with van der Waals surface area (Å²) in [5, 5.41) is 11.1. The molecule has 2 aliphatic rings. The first-order chi connectivity index (χ1) is 14.2. The normalized spacial score (nSPS) is 17.0. The zero-order valence-electron chi connectivity index (χ0n) is 15.8. The van der Waals surface area contributed by atoms with E-state index < -0.39 is 0 Å². The van der Waals surface area contributed by atoms with Gasteiger partial charge in [0.2, 0.25) is 6.79 Å². The number of nitrogens with one attached hydrogen (secondary N) is 2. The summed E-state index contributed by atoms with van der Waals surface area (Å²) in [4.78, 5) is 12.3. The van der Waals surface area contributed by atoms with Gasteiger partial charge in [0.25, 0.3) is 5.91 Å². The third-order valence-electron chi connectivity index (χ3n) is 5.06. The van der Waals surface area contributed by atoms with Crippen LogP contribution in [0.2, 0.25) is 0 Å². The average Bonchev–Trinajstić information content (AvgIpc) is 3.41. The Kier molecular flexibility index (Phi) is 4.33. The summed E-state index contributed by atoms with van der Waals surface area (Å²) >= 11 is 0. The van der Waals surface area contributed by atoms with Crippen LogP contribution >= 0.6 is 0 Å². The van der Waals surface area contributed by atoms with Crippen LogP contribution in [0.3, 0.4) is 0 Å². The largest absolute Gasteiger partial charge is 0.497 e. The maximum Gasteiger partial charge on any atom is 0.269 e. The molecule has 2 N–H and O–H groups in total. The number of amides is 1. The van der Waals surface area contributed by atoms with Gasteiger partial charge in [0.15, 0.2) is 11.5 Å². The second kappa shape index (κ2) is 7.14. The van der Waals surface area contributed by atoms with Crippen LogP contribution in [0.5, 0.6) is 17.2 Å². The molecular formula is C21H20N4O4. The van der Waals surface area contributed by atoms with Crippen LogP contribution in [0, 0.1) is 0 Å². The second-order valence-electron chi connectivity index (χ2n) is 6.89. The highest BCUT2D eigenvalue weighted by Crippen LogP contribution is 2.32. The summed E-state index contributed by atoms with van der Waals surface area (Å²) in [5.74, 6) is 2.13. The molecular weight excluding hydrogens is 372 g/mol. The lowest BCUT2D eigenvalue weighted by Crippen LogP contribution is -2.45. The van der Waals surface area contributed by atoms with Crippen molar-refractivity contribution in [2.75, 3.05) is 20.4 Å². The first-order valence-electron chi connectivity index (χ1n) is 9.35. The topological polar surface area (TPSA) is 86.6 Å². The maximum absolute atomic E-state index is 12.3. The molecule has 3 heterocycles. The van der Waals surface area contributed by atoms with E-state index >= 15 is 0 Å². The van der Waals surface area contributed by atoms with E-state index in [1.165, 1.54) is 0 Å². The fourth-order valence-electron chi connectivity index (χ4n) is 3.54. The van der Waals surface area contributed by atoms with Gasteiger partial charge >= 0.3 is 0 Å². The molecule has 0 saturated carbocycles. The van der Waals surface area contributed by atoms with Gasteiger partial charge in [-0.3, -0.25) is 10.1 Å². The molecule has 0 bridgehead atoms. The number of methoxy groups -OCH3 is 1. The summed E-state index contributed by atoms with van der Waals surface area (Å²) in [6, 6.07) is 15.3. The van der Waals surface area contributed by atoms with E-state index in [2.05, 4.69) is 10.6 Å². The van der Waals surface area contributed by atoms with Crippen molar-refractivity contribution in [3.63, 3.8) is 0 Å². The predicted molar refractivity (Wildman–Crippen MR) is 105 cm³/mol. The molecule has 2 aromatic carbocycles. The Bertz CT molecular complexity index is 1080. The number of carbonyl (C=O) groups excluding carboxylic acids is 1. The van der Waals surface area contributed by atoms with E-state index in [4.69, 9.17) is 19.3 Å². The lowest BCUT2D eigenvalue weighted by atomic mass is 10.1.